The molecule has 0 aromatic heterocycles. The molecule has 0 saturated heterocycles. The molecule has 0 bridgehead atoms. The molecule has 0 aliphatic rings. The predicted molar refractivity (Wildman–Crippen MR) is 84.0 cm³/mol. The van der Waals surface area contributed by atoms with Crippen LogP contribution in [0.4, 0.5) is 0 Å². The van der Waals surface area contributed by atoms with Crippen LogP contribution in [-0.4, -0.2) is 6.21 Å². The molecule has 2 aromatic carbocycles. The van der Waals surface area contributed by atoms with Crippen molar-refractivity contribution in [2.24, 2.45) is 5.16 Å². The van der Waals surface area contributed by atoms with Crippen molar-refractivity contribution in [2.45, 2.75) is 32.8 Å². The minimum Gasteiger partial charge on any atom is -0.391 e. The minimum absolute atomic E-state index is 0.180. The molecule has 0 unspecified atom stereocenters. The maximum absolute atomic E-state index is 5.29. The molecule has 0 N–H and O–H groups in total. The van der Waals surface area contributed by atoms with Gasteiger partial charge in [0.25, 0.3) is 0 Å². The summed E-state index contributed by atoms with van der Waals surface area (Å²) in [4.78, 5) is 5.29. The van der Waals surface area contributed by atoms with Crippen molar-refractivity contribution in [1.29, 1.82) is 0 Å². The first-order valence-corrected chi connectivity index (χ1v) is 6.85. The standard InChI is InChI=1S/C18H21NO/c1-18(2,3)17-11-9-15(10-12-17)13-19-20-14-16-7-5-4-6-8-16/h4-13H,14H2,1-3H3/b19-13+. The van der Waals surface area contributed by atoms with E-state index in [1.54, 1.807) is 6.21 Å². The van der Waals surface area contributed by atoms with Crippen LogP contribution in [0, 0.1) is 0 Å². The lowest BCUT2D eigenvalue weighted by Gasteiger charge is -2.18. The fourth-order valence-electron chi connectivity index (χ4n) is 1.85. The summed E-state index contributed by atoms with van der Waals surface area (Å²) in [7, 11) is 0. The number of nitrogens with zero attached hydrogens (tertiary/aromatic N) is 1. The van der Waals surface area contributed by atoms with Crippen molar-refractivity contribution in [3.63, 3.8) is 0 Å². The molecule has 20 heavy (non-hydrogen) atoms. The van der Waals surface area contributed by atoms with Crippen LogP contribution in [0.1, 0.15) is 37.5 Å². The van der Waals surface area contributed by atoms with Gasteiger partial charge in [-0.25, -0.2) is 0 Å². The molecule has 0 heterocycles. The monoisotopic (exact) mass is 267 g/mol. The highest BCUT2D eigenvalue weighted by Gasteiger charge is 2.12. The van der Waals surface area contributed by atoms with E-state index in [2.05, 4.69) is 50.2 Å². The highest BCUT2D eigenvalue weighted by molar-refractivity contribution is 5.79. The molecule has 2 aromatic rings. The summed E-state index contributed by atoms with van der Waals surface area (Å²) < 4.78 is 0. The highest BCUT2D eigenvalue weighted by Crippen LogP contribution is 2.21. The first-order chi connectivity index (χ1) is 9.55. The second kappa shape index (κ2) is 6.38. The molecular formula is C18H21NO. The number of hydrogen-bond donors (Lipinski definition) is 0. The largest absolute Gasteiger partial charge is 0.391 e. The third-order valence-electron chi connectivity index (χ3n) is 3.13. The zero-order valence-electron chi connectivity index (χ0n) is 12.3. The van der Waals surface area contributed by atoms with Gasteiger partial charge in [-0.3, -0.25) is 0 Å². The lowest BCUT2D eigenvalue weighted by atomic mass is 9.87. The quantitative estimate of drug-likeness (QED) is 0.589. The molecule has 0 radical (unpaired) electrons. The van der Waals surface area contributed by atoms with Gasteiger partial charge >= 0.3 is 0 Å². The van der Waals surface area contributed by atoms with E-state index in [0.717, 1.165) is 11.1 Å². The first kappa shape index (κ1) is 14.3. The molecule has 104 valence electrons. The summed E-state index contributed by atoms with van der Waals surface area (Å²) in [6.45, 7) is 7.12. The maximum Gasteiger partial charge on any atom is 0.142 e. The first-order valence-electron chi connectivity index (χ1n) is 6.85. The Hall–Kier alpha value is -2.09. The zero-order chi connectivity index (χ0) is 14.4. The average molecular weight is 267 g/mol. The Morgan fingerprint density at radius 2 is 1.60 bits per heavy atom. The fraction of sp³-hybridized carbons (Fsp3) is 0.278. The molecule has 0 fully saturated rings. The van der Waals surface area contributed by atoms with Gasteiger partial charge in [-0.2, -0.15) is 0 Å². The Kier molecular flexibility index (Phi) is 4.57. The van der Waals surface area contributed by atoms with Gasteiger partial charge in [0.2, 0.25) is 0 Å². The van der Waals surface area contributed by atoms with E-state index >= 15 is 0 Å². The van der Waals surface area contributed by atoms with Crippen LogP contribution in [0.25, 0.3) is 0 Å². The summed E-state index contributed by atoms with van der Waals surface area (Å²) in [5.41, 5.74) is 3.66. The van der Waals surface area contributed by atoms with Gasteiger partial charge in [-0.15, -0.1) is 0 Å². The van der Waals surface area contributed by atoms with Gasteiger partial charge < -0.3 is 4.84 Å². The maximum atomic E-state index is 5.29. The van der Waals surface area contributed by atoms with E-state index in [0.29, 0.717) is 6.61 Å². The van der Waals surface area contributed by atoms with Crippen LogP contribution in [0.15, 0.2) is 59.8 Å². The van der Waals surface area contributed by atoms with Crippen LogP contribution >= 0.6 is 0 Å². The molecule has 0 aliphatic carbocycles. The second-order valence-electron chi connectivity index (χ2n) is 5.87. The molecular weight excluding hydrogens is 246 g/mol. The van der Waals surface area contributed by atoms with E-state index < -0.39 is 0 Å². The Labute approximate surface area is 121 Å². The van der Waals surface area contributed by atoms with Crippen LogP contribution in [0.3, 0.4) is 0 Å². The van der Waals surface area contributed by atoms with Crippen LogP contribution in [-0.2, 0) is 16.9 Å². The summed E-state index contributed by atoms with van der Waals surface area (Å²) in [5.74, 6) is 0. The minimum atomic E-state index is 0.180. The van der Waals surface area contributed by atoms with Crippen LogP contribution < -0.4 is 0 Å². The van der Waals surface area contributed by atoms with Crippen molar-refractivity contribution >= 4 is 6.21 Å². The molecule has 0 aliphatic heterocycles. The summed E-state index contributed by atoms with van der Waals surface area (Å²) in [6, 6.07) is 18.4. The van der Waals surface area contributed by atoms with E-state index in [4.69, 9.17) is 4.84 Å². The van der Waals surface area contributed by atoms with E-state index in [-0.39, 0.29) is 5.41 Å². The number of rotatable bonds is 4. The molecule has 2 heteroatoms. The lowest BCUT2D eigenvalue weighted by Crippen LogP contribution is -2.10. The average Bonchev–Trinajstić information content (AvgIpc) is 2.44. The van der Waals surface area contributed by atoms with Crippen molar-refractivity contribution in [3.8, 4) is 0 Å². The Balaban J connectivity index is 1.89. The van der Waals surface area contributed by atoms with Gasteiger partial charge in [0.1, 0.15) is 6.61 Å². The molecule has 0 atom stereocenters. The number of oxime groups is 1. The van der Waals surface area contributed by atoms with Crippen molar-refractivity contribution in [1.82, 2.24) is 0 Å². The van der Waals surface area contributed by atoms with Crippen LogP contribution in [0.2, 0.25) is 0 Å². The second-order valence-corrected chi connectivity index (χ2v) is 5.87. The topological polar surface area (TPSA) is 21.6 Å². The van der Waals surface area contributed by atoms with Crippen molar-refractivity contribution < 1.29 is 4.84 Å². The normalized spacial score (nSPS) is 11.8. The summed E-state index contributed by atoms with van der Waals surface area (Å²) in [5, 5.41) is 4.00. The fourth-order valence-corrected chi connectivity index (χ4v) is 1.85. The van der Waals surface area contributed by atoms with Gasteiger partial charge in [0, 0.05) is 0 Å². The van der Waals surface area contributed by atoms with Crippen LogP contribution in [0.5, 0.6) is 0 Å². The van der Waals surface area contributed by atoms with E-state index in [1.807, 2.05) is 30.3 Å². The Morgan fingerprint density at radius 3 is 2.20 bits per heavy atom. The SMILES string of the molecule is CC(C)(C)c1ccc(/C=N/OCc2ccccc2)cc1. The van der Waals surface area contributed by atoms with Gasteiger partial charge in [-0.1, -0.05) is 80.5 Å². The third kappa shape index (κ3) is 4.23. The van der Waals surface area contributed by atoms with Crippen molar-refractivity contribution in [2.75, 3.05) is 0 Å². The predicted octanol–water partition coefficient (Wildman–Crippen LogP) is 4.53. The summed E-state index contributed by atoms with van der Waals surface area (Å²) in [6.07, 6.45) is 1.75. The Morgan fingerprint density at radius 1 is 0.950 bits per heavy atom. The molecule has 0 amide bonds. The highest BCUT2D eigenvalue weighted by atomic mass is 16.6. The third-order valence-corrected chi connectivity index (χ3v) is 3.13. The lowest BCUT2D eigenvalue weighted by molar-refractivity contribution is 0.132. The smallest absolute Gasteiger partial charge is 0.142 e. The summed E-state index contributed by atoms with van der Waals surface area (Å²) >= 11 is 0. The van der Waals surface area contributed by atoms with Gasteiger partial charge in [0.15, 0.2) is 0 Å². The number of hydrogen-bond acceptors (Lipinski definition) is 2. The van der Waals surface area contributed by atoms with E-state index in [9.17, 15) is 0 Å². The molecule has 2 nitrogen and oxygen atoms in total. The van der Waals surface area contributed by atoms with Crippen molar-refractivity contribution in [3.05, 3.63) is 71.3 Å². The molecule has 2 rings (SSSR count). The Bertz CT molecular complexity index is 550. The zero-order valence-corrected chi connectivity index (χ0v) is 12.3. The number of benzene rings is 2. The van der Waals surface area contributed by atoms with Gasteiger partial charge in [0.05, 0.1) is 6.21 Å². The van der Waals surface area contributed by atoms with Gasteiger partial charge in [-0.05, 0) is 22.1 Å². The molecule has 0 spiro atoms. The molecule has 0 saturated carbocycles. The van der Waals surface area contributed by atoms with E-state index in [1.165, 1.54) is 5.56 Å².